The molecule has 2 aromatic carbocycles. The first kappa shape index (κ1) is 21.5. The summed E-state index contributed by atoms with van der Waals surface area (Å²) >= 11 is 0. The number of nitrogens with one attached hydrogen (secondary N) is 1. The summed E-state index contributed by atoms with van der Waals surface area (Å²) in [6.45, 7) is 6.21. The Labute approximate surface area is 191 Å². The van der Waals surface area contributed by atoms with Crippen LogP contribution in [0.25, 0.3) is 10.9 Å². The molecule has 0 saturated carbocycles. The van der Waals surface area contributed by atoms with Gasteiger partial charge in [-0.1, -0.05) is 30.2 Å². The number of aryl methyl sites for hydroxylation is 2. The van der Waals surface area contributed by atoms with Gasteiger partial charge in [-0.05, 0) is 91.0 Å². The lowest BCUT2D eigenvalue weighted by molar-refractivity contribution is 0.177. The highest BCUT2D eigenvalue weighted by atomic mass is 19.1. The minimum absolute atomic E-state index is 0.124. The fraction of sp³-hybridized carbons (Fsp3) is 0.360. The van der Waals surface area contributed by atoms with Crippen LogP contribution in [-0.2, 0) is 6.54 Å². The molecule has 0 spiro atoms. The molecule has 1 aliphatic heterocycles. The van der Waals surface area contributed by atoms with E-state index in [1.807, 2.05) is 13.0 Å². The van der Waals surface area contributed by atoms with Gasteiger partial charge in [-0.2, -0.15) is 0 Å². The van der Waals surface area contributed by atoms with E-state index in [1.54, 1.807) is 16.8 Å². The van der Waals surface area contributed by atoms with Crippen LogP contribution in [-0.4, -0.2) is 43.2 Å². The van der Waals surface area contributed by atoms with Crippen LogP contribution in [0.2, 0.25) is 0 Å². The number of benzene rings is 2. The number of piperidine rings is 1. The third-order valence-electron chi connectivity index (χ3n) is 6.42. The lowest BCUT2D eigenvalue weighted by Crippen LogP contribution is -2.38. The molecule has 0 amide bonds. The Bertz CT molecular complexity index is 1340. The number of hydrogen-bond donors (Lipinski definition) is 1. The predicted octanol–water partition coefficient (Wildman–Crippen LogP) is 3.89. The highest BCUT2D eigenvalue weighted by Crippen LogP contribution is 2.30. The largest absolute Gasteiger partial charge is 0.321 e. The maximum absolute atomic E-state index is 13.4. The molecule has 8 heteroatoms. The Morgan fingerprint density at radius 3 is 2.58 bits per heavy atom. The maximum Gasteiger partial charge on any atom is 0.253 e. The standard InChI is InChI=1S/C25H27FN6O/c1-16-12-17(2)22-19(13-16)14-21(25(33)27-22)23(31-10-4-3-5-11-31)24-28-29-30-32(24)15-18-6-8-20(26)9-7-18/h6-9,12-14,23H,3-5,10-11,15H2,1-2H3,(H,27,33)/t23-/m0/s1. The zero-order chi connectivity index (χ0) is 22.9. The maximum atomic E-state index is 13.4. The Morgan fingerprint density at radius 1 is 1.06 bits per heavy atom. The number of fused-ring (bicyclic) bond motifs is 1. The summed E-state index contributed by atoms with van der Waals surface area (Å²) in [6, 6.07) is 12.1. The third-order valence-corrected chi connectivity index (χ3v) is 6.42. The van der Waals surface area contributed by atoms with Gasteiger partial charge < -0.3 is 4.98 Å². The fourth-order valence-corrected chi connectivity index (χ4v) is 4.87. The van der Waals surface area contributed by atoms with Gasteiger partial charge in [0, 0.05) is 5.56 Å². The quantitative estimate of drug-likeness (QED) is 0.503. The Balaban J connectivity index is 1.63. The Kier molecular flexibility index (Phi) is 5.76. The molecule has 1 aliphatic rings. The number of H-pyrrole nitrogens is 1. The molecule has 1 atom stereocenters. The van der Waals surface area contributed by atoms with Crippen molar-refractivity contribution in [3.8, 4) is 0 Å². The molecule has 33 heavy (non-hydrogen) atoms. The van der Waals surface area contributed by atoms with Gasteiger partial charge in [-0.25, -0.2) is 9.07 Å². The number of pyridine rings is 1. The van der Waals surface area contributed by atoms with Crippen molar-refractivity contribution in [2.24, 2.45) is 0 Å². The first-order valence-electron chi connectivity index (χ1n) is 11.4. The van der Waals surface area contributed by atoms with Crippen molar-refractivity contribution in [1.82, 2.24) is 30.1 Å². The number of aromatic amines is 1. The minimum atomic E-state index is -0.366. The first-order valence-corrected chi connectivity index (χ1v) is 11.4. The van der Waals surface area contributed by atoms with Crippen LogP contribution < -0.4 is 5.56 Å². The van der Waals surface area contributed by atoms with E-state index < -0.39 is 0 Å². The SMILES string of the molecule is Cc1cc(C)c2[nH]c(=O)c([C@@H](c3nnnn3Cc3ccc(F)cc3)N3CCCCC3)cc2c1. The normalized spacial score (nSPS) is 15.7. The van der Waals surface area contributed by atoms with Crippen molar-refractivity contribution in [1.29, 1.82) is 0 Å². The number of nitrogens with zero attached hydrogens (tertiary/aromatic N) is 5. The number of likely N-dealkylation sites (tertiary alicyclic amines) is 1. The molecule has 3 heterocycles. The van der Waals surface area contributed by atoms with Gasteiger partial charge >= 0.3 is 0 Å². The van der Waals surface area contributed by atoms with Crippen molar-refractivity contribution >= 4 is 10.9 Å². The van der Waals surface area contributed by atoms with E-state index in [0.717, 1.165) is 53.5 Å². The number of aromatic nitrogens is 5. The van der Waals surface area contributed by atoms with Gasteiger partial charge in [-0.3, -0.25) is 9.69 Å². The average molecular weight is 447 g/mol. The van der Waals surface area contributed by atoms with Gasteiger partial charge in [0.05, 0.1) is 12.1 Å². The zero-order valence-corrected chi connectivity index (χ0v) is 18.9. The molecule has 1 fully saturated rings. The molecule has 2 aromatic heterocycles. The Morgan fingerprint density at radius 2 is 1.82 bits per heavy atom. The molecule has 1 N–H and O–H groups in total. The van der Waals surface area contributed by atoms with Crippen LogP contribution in [0.1, 0.15) is 53.4 Å². The van der Waals surface area contributed by atoms with E-state index in [2.05, 4.69) is 44.5 Å². The molecule has 170 valence electrons. The van der Waals surface area contributed by atoms with Gasteiger partial charge in [0.25, 0.3) is 5.56 Å². The van der Waals surface area contributed by atoms with Crippen LogP contribution >= 0.6 is 0 Å². The summed E-state index contributed by atoms with van der Waals surface area (Å²) in [4.78, 5) is 18.8. The highest BCUT2D eigenvalue weighted by molar-refractivity contribution is 5.83. The molecular formula is C25H27FN6O. The predicted molar refractivity (Wildman–Crippen MR) is 125 cm³/mol. The number of tetrazole rings is 1. The summed E-state index contributed by atoms with van der Waals surface area (Å²) in [5.74, 6) is 0.339. The van der Waals surface area contributed by atoms with Gasteiger partial charge in [0.1, 0.15) is 11.9 Å². The second kappa shape index (κ2) is 8.86. The van der Waals surface area contributed by atoms with Crippen molar-refractivity contribution in [3.63, 3.8) is 0 Å². The molecule has 7 nitrogen and oxygen atoms in total. The van der Waals surface area contributed by atoms with Crippen molar-refractivity contribution in [2.75, 3.05) is 13.1 Å². The smallest absolute Gasteiger partial charge is 0.253 e. The van der Waals surface area contributed by atoms with Crippen molar-refractivity contribution in [2.45, 2.75) is 45.7 Å². The number of rotatable bonds is 5. The lowest BCUT2D eigenvalue weighted by atomic mass is 9.99. The van der Waals surface area contributed by atoms with Crippen LogP contribution in [0.15, 0.2) is 47.3 Å². The van der Waals surface area contributed by atoms with E-state index in [-0.39, 0.29) is 17.4 Å². The van der Waals surface area contributed by atoms with E-state index in [0.29, 0.717) is 17.9 Å². The summed E-state index contributed by atoms with van der Waals surface area (Å²) in [5, 5.41) is 13.5. The molecule has 0 aliphatic carbocycles. The first-order chi connectivity index (χ1) is 16.0. The van der Waals surface area contributed by atoms with Gasteiger partial charge in [0.2, 0.25) is 0 Å². The zero-order valence-electron chi connectivity index (χ0n) is 18.9. The van der Waals surface area contributed by atoms with Crippen molar-refractivity contribution < 1.29 is 4.39 Å². The minimum Gasteiger partial charge on any atom is -0.321 e. The van der Waals surface area contributed by atoms with E-state index >= 15 is 0 Å². The van der Waals surface area contributed by atoms with E-state index in [4.69, 9.17) is 0 Å². The molecule has 5 rings (SSSR count). The van der Waals surface area contributed by atoms with Crippen LogP contribution in [0.5, 0.6) is 0 Å². The van der Waals surface area contributed by atoms with E-state index in [1.165, 1.54) is 18.6 Å². The van der Waals surface area contributed by atoms with Crippen molar-refractivity contribution in [3.05, 3.63) is 86.7 Å². The van der Waals surface area contributed by atoms with Gasteiger partial charge in [0.15, 0.2) is 5.82 Å². The average Bonchev–Trinajstić information content (AvgIpc) is 3.25. The fourth-order valence-electron chi connectivity index (χ4n) is 4.87. The molecule has 1 saturated heterocycles. The van der Waals surface area contributed by atoms with Crippen LogP contribution in [0, 0.1) is 19.7 Å². The molecule has 4 aromatic rings. The summed E-state index contributed by atoms with van der Waals surface area (Å²) in [6.07, 6.45) is 3.32. The molecule has 0 bridgehead atoms. The summed E-state index contributed by atoms with van der Waals surface area (Å²) < 4.78 is 15.1. The van der Waals surface area contributed by atoms with Crippen LogP contribution in [0.4, 0.5) is 4.39 Å². The van der Waals surface area contributed by atoms with Crippen LogP contribution in [0.3, 0.4) is 0 Å². The van der Waals surface area contributed by atoms with Gasteiger partial charge in [-0.15, -0.1) is 5.10 Å². The number of halogens is 1. The Hall–Kier alpha value is -3.39. The highest BCUT2D eigenvalue weighted by Gasteiger charge is 2.31. The molecule has 0 radical (unpaired) electrons. The number of hydrogen-bond acceptors (Lipinski definition) is 5. The summed E-state index contributed by atoms with van der Waals surface area (Å²) in [7, 11) is 0. The molecular weight excluding hydrogens is 419 g/mol. The second-order valence-electron chi connectivity index (χ2n) is 8.92. The van der Waals surface area contributed by atoms with E-state index in [9.17, 15) is 9.18 Å². The topological polar surface area (TPSA) is 79.7 Å². The molecule has 0 unspecified atom stereocenters. The second-order valence-corrected chi connectivity index (χ2v) is 8.92. The summed E-state index contributed by atoms with van der Waals surface area (Å²) in [5.41, 5.74) is 4.46. The third kappa shape index (κ3) is 4.30. The lowest BCUT2D eigenvalue weighted by Gasteiger charge is -2.33. The monoisotopic (exact) mass is 446 g/mol.